The maximum absolute atomic E-state index is 12.5. The number of aliphatic carboxylic acids is 1. The van der Waals surface area contributed by atoms with E-state index in [9.17, 15) is 14.7 Å². The minimum absolute atomic E-state index is 0.0211. The number of hydrogen-bond acceptors (Lipinski definition) is 3. The summed E-state index contributed by atoms with van der Waals surface area (Å²) in [4.78, 5) is 23.8. The van der Waals surface area contributed by atoms with Gasteiger partial charge in [-0.25, -0.2) is 4.79 Å². The molecule has 5 heteroatoms. The van der Waals surface area contributed by atoms with Crippen LogP contribution in [-0.4, -0.2) is 30.3 Å². The van der Waals surface area contributed by atoms with E-state index in [1.807, 2.05) is 24.3 Å². The molecule has 2 aliphatic rings. The molecule has 164 valence electrons. The first-order valence-electron chi connectivity index (χ1n) is 11.3. The molecule has 0 bridgehead atoms. The molecule has 4 rings (SSSR count). The highest BCUT2D eigenvalue weighted by Crippen LogP contribution is 2.44. The second-order valence-corrected chi connectivity index (χ2v) is 9.08. The standard InChI is InChI=1S/C26H31NO4/c1-17-10-12-18(13-11-17)19(14-25(28)29)15-27-26(30)31-16-24-22-8-4-2-6-20(22)21-7-3-5-9-23(21)24/h2-9,17-19,24H,10-16H2,1H3,(H,27,30)(H,28,29). The first kappa shape index (κ1) is 21.4. The Balaban J connectivity index is 1.35. The molecule has 0 heterocycles. The van der Waals surface area contributed by atoms with Gasteiger partial charge >= 0.3 is 12.1 Å². The average molecular weight is 422 g/mol. The molecule has 2 N–H and O–H groups in total. The number of carboxylic acids is 1. The third-order valence-corrected chi connectivity index (χ3v) is 7.02. The first-order valence-corrected chi connectivity index (χ1v) is 11.3. The lowest BCUT2D eigenvalue weighted by molar-refractivity contribution is -0.138. The number of hydrogen-bond donors (Lipinski definition) is 2. The van der Waals surface area contributed by atoms with Crippen LogP contribution in [0, 0.1) is 17.8 Å². The summed E-state index contributed by atoms with van der Waals surface area (Å²) in [6.45, 7) is 2.86. The number of benzene rings is 2. The second-order valence-electron chi connectivity index (χ2n) is 9.08. The summed E-state index contributed by atoms with van der Waals surface area (Å²) in [5, 5.41) is 12.2. The molecule has 0 aromatic heterocycles. The molecule has 0 spiro atoms. The molecule has 0 saturated heterocycles. The summed E-state index contributed by atoms with van der Waals surface area (Å²) in [5.41, 5.74) is 4.74. The molecule has 0 radical (unpaired) electrons. The summed E-state index contributed by atoms with van der Waals surface area (Å²) < 4.78 is 5.60. The Hall–Kier alpha value is -2.82. The SMILES string of the molecule is CC1CCC(C(CNC(=O)OCC2c3ccccc3-c3ccccc32)CC(=O)O)CC1. The Morgan fingerprint density at radius 1 is 1.00 bits per heavy atom. The summed E-state index contributed by atoms with van der Waals surface area (Å²) in [6.07, 6.45) is 3.94. The van der Waals surface area contributed by atoms with Crippen molar-refractivity contribution in [2.45, 2.75) is 44.9 Å². The van der Waals surface area contributed by atoms with Crippen molar-refractivity contribution in [3.05, 3.63) is 59.7 Å². The van der Waals surface area contributed by atoms with E-state index in [1.165, 1.54) is 22.3 Å². The minimum Gasteiger partial charge on any atom is -0.481 e. The van der Waals surface area contributed by atoms with Crippen LogP contribution in [0.5, 0.6) is 0 Å². The van der Waals surface area contributed by atoms with Gasteiger partial charge in [0.15, 0.2) is 0 Å². The molecular weight excluding hydrogens is 390 g/mol. The molecule has 1 atom stereocenters. The van der Waals surface area contributed by atoms with Crippen LogP contribution in [-0.2, 0) is 9.53 Å². The predicted molar refractivity (Wildman–Crippen MR) is 120 cm³/mol. The second kappa shape index (κ2) is 9.54. The van der Waals surface area contributed by atoms with Gasteiger partial charge in [-0.3, -0.25) is 4.79 Å². The van der Waals surface area contributed by atoms with Crippen molar-refractivity contribution in [2.24, 2.45) is 17.8 Å². The third kappa shape index (κ3) is 4.92. The van der Waals surface area contributed by atoms with Gasteiger partial charge in [-0.15, -0.1) is 0 Å². The lowest BCUT2D eigenvalue weighted by Gasteiger charge is -2.32. The van der Waals surface area contributed by atoms with E-state index < -0.39 is 12.1 Å². The van der Waals surface area contributed by atoms with Crippen molar-refractivity contribution >= 4 is 12.1 Å². The number of carbonyl (C=O) groups is 2. The molecule has 31 heavy (non-hydrogen) atoms. The smallest absolute Gasteiger partial charge is 0.407 e. The summed E-state index contributed by atoms with van der Waals surface area (Å²) in [5.74, 6) is 0.217. The normalized spacial score (nSPS) is 21.1. The van der Waals surface area contributed by atoms with Crippen LogP contribution in [0.15, 0.2) is 48.5 Å². The van der Waals surface area contributed by atoms with Crippen LogP contribution in [0.1, 0.15) is 56.1 Å². The highest BCUT2D eigenvalue weighted by atomic mass is 16.5. The van der Waals surface area contributed by atoms with E-state index in [1.54, 1.807) is 0 Å². The first-order chi connectivity index (χ1) is 15.0. The van der Waals surface area contributed by atoms with Gasteiger partial charge in [0.25, 0.3) is 0 Å². The lowest BCUT2D eigenvalue weighted by atomic mass is 9.75. The maximum Gasteiger partial charge on any atom is 0.407 e. The van der Waals surface area contributed by atoms with Crippen LogP contribution in [0.2, 0.25) is 0 Å². The summed E-state index contributed by atoms with van der Waals surface area (Å²) in [7, 11) is 0. The molecule has 2 aromatic carbocycles. The fourth-order valence-electron chi connectivity index (χ4n) is 5.25. The maximum atomic E-state index is 12.5. The van der Waals surface area contributed by atoms with E-state index in [-0.39, 0.29) is 24.9 Å². The zero-order valence-corrected chi connectivity index (χ0v) is 18.0. The van der Waals surface area contributed by atoms with E-state index in [2.05, 4.69) is 36.5 Å². The van der Waals surface area contributed by atoms with E-state index in [0.717, 1.165) is 25.7 Å². The number of amides is 1. The van der Waals surface area contributed by atoms with Crippen LogP contribution in [0.3, 0.4) is 0 Å². The Labute approximate surface area is 183 Å². The van der Waals surface area contributed by atoms with E-state index in [0.29, 0.717) is 18.4 Å². The number of ether oxygens (including phenoxy) is 1. The van der Waals surface area contributed by atoms with Gasteiger partial charge < -0.3 is 15.2 Å². The van der Waals surface area contributed by atoms with Crippen molar-refractivity contribution in [3.63, 3.8) is 0 Å². The van der Waals surface area contributed by atoms with Gasteiger partial charge in [0, 0.05) is 12.5 Å². The van der Waals surface area contributed by atoms with Gasteiger partial charge in [0.05, 0.1) is 6.42 Å². The lowest BCUT2D eigenvalue weighted by Crippen LogP contribution is -2.36. The quantitative estimate of drug-likeness (QED) is 0.624. The van der Waals surface area contributed by atoms with Crippen molar-refractivity contribution in [1.82, 2.24) is 5.32 Å². The van der Waals surface area contributed by atoms with Crippen molar-refractivity contribution in [3.8, 4) is 11.1 Å². The molecule has 1 saturated carbocycles. The van der Waals surface area contributed by atoms with Crippen molar-refractivity contribution in [2.75, 3.05) is 13.2 Å². The minimum atomic E-state index is -0.807. The van der Waals surface area contributed by atoms with Gasteiger partial charge in [-0.05, 0) is 52.8 Å². The van der Waals surface area contributed by atoms with Crippen LogP contribution in [0.4, 0.5) is 4.79 Å². The Bertz CT molecular complexity index is 887. The highest BCUT2D eigenvalue weighted by Gasteiger charge is 2.30. The zero-order chi connectivity index (χ0) is 21.8. The van der Waals surface area contributed by atoms with Crippen LogP contribution in [0.25, 0.3) is 11.1 Å². The zero-order valence-electron chi connectivity index (χ0n) is 18.0. The average Bonchev–Trinajstić information content (AvgIpc) is 3.09. The Morgan fingerprint density at radius 3 is 2.16 bits per heavy atom. The number of alkyl carbamates (subject to hydrolysis) is 1. The van der Waals surface area contributed by atoms with Gasteiger partial charge in [0.2, 0.25) is 0 Å². The Morgan fingerprint density at radius 2 is 1.58 bits per heavy atom. The number of carboxylic acid groups (broad SMARTS) is 1. The summed E-state index contributed by atoms with van der Waals surface area (Å²) >= 11 is 0. The monoisotopic (exact) mass is 421 g/mol. The van der Waals surface area contributed by atoms with Crippen LogP contribution >= 0.6 is 0 Å². The number of fused-ring (bicyclic) bond motifs is 3. The fourth-order valence-corrected chi connectivity index (χ4v) is 5.25. The number of nitrogens with one attached hydrogen (secondary N) is 1. The van der Waals surface area contributed by atoms with Crippen molar-refractivity contribution in [1.29, 1.82) is 0 Å². The Kier molecular flexibility index (Phi) is 6.59. The molecule has 0 aliphatic heterocycles. The largest absolute Gasteiger partial charge is 0.481 e. The molecule has 2 aromatic rings. The fraction of sp³-hybridized carbons (Fsp3) is 0.462. The highest BCUT2D eigenvalue weighted by molar-refractivity contribution is 5.79. The number of carbonyl (C=O) groups excluding carboxylic acids is 1. The van der Waals surface area contributed by atoms with E-state index in [4.69, 9.17) is 4.74 Å². The summed E-state index contributed by atoms with van der Waals surface area (Å²) in [6, 6.07) is 16.5. The molecule has 5 nitrogen and oxygen atoms in total. The molecule has 2 aliphatic carbocycles. The van der Waals surface area contributed by atoms with Crippen molar-refractivity contribution < 1.29 is 19.4 Å². The molecule has 1 amide bonds. The molecular formula is C26H31NO4. The predicted octanol–water partition coefficient (Wildman–Crippen LogP) is 5.44. The molecule has 1 unspecified atom stereocenters. The molecule has 1 fully saturated rings. The van der Waals surface area contributed by atoms with Gasteiger partial charge in [0.1, 0.15) is 6.61 Å². The topological polar surface area (TPSA) is 75.6 Å². The van der Waals surface area contributed by atoms with Crippen LogP contribution < -0.4 is 5.32 Å². The van der Waals surface area contributed by atoms with Gasteiger partial charge in [-0.1, -0.05) is 68.3 Å². The van der Waals surface area contributed by atoms with Gasteiger partial charge in [-0.2, -0.15) is 0 Å². The van der Waals surface area contributed by atoms with E-state index >= 15 is 0 Å². The third-order valence-electron chi connectivity index (χ3n) is 7.02. The number of rotatable bonds is 7.